The highest BCUT2D eigenvalue weighted by Crippen LogP contribution is 2.45. The SMILES string of the molecule is C.C=C(N)NCCc1cc(CCN=C(N)N)cc(-c2cnc(-c3cccc(-c4ncc(-c5cc(CCN=C(N)N)cc(CCN=C(N)N)c5)s4)c3)s2)c1.CC(N)=NCCc1cc(CCN=C(N)N)cc(-c2ccc(-c3cccc(-c4ccc(-c5cc(CCN=C(N)N)cc(CCN=C(N)N)c5)s4)c3)s2)c1.CCCc1cc(CCN)cc(-c2ccc(-c3cccc(-c4ccc(-c5cc(CCN)cc(CCN)c5)s4)c3)s2)c1. The van der Waals surface area contributed by atoms with Crippen LogP contribution in [0.4, 0.5) is 0 Å². The molecule has 0 saturated carbocycles. The molecule has 145 heavy (non-hydrogen) atoms. The summed E-state index contributed by atoms with van der Waals surface area (Å²) in [5.41, 5.74) is 124. The van der Waals surface area contributed by atoms with Crippen LogP contribution in [-0.2, 0) is 77.0 Å². The van der Waals surface area contributed by atoms with Gasteiger partial charge in [-0.25, -0.2) is 9.97 Å². The molecule has 0 amide bonds. The Balaban J connectivity index is 0.000000195. The number of benzene rings is 9. The highest BCUT2D eigenvalue weighted by Gasteiger charge is 2.20. The topological polar surface area (TPSA) is 567 Å². The van der Waals surface area contributed by atoms with E-state index in [-0.39, 0.29) is 43.2 Å². The van der Waals surface area contributed by atoms with Crippen LogP contribution in [0.5, 0.6) is 0 Å². The van der Waals surface area contributed by atoms with Crippen molar-refractivity contribution in [1.82, 2.24) is 15.3 Å². The van der Waals surface area contributed by atoms with Gasteiger partial charge in [-0.2, -0.15) is 0 Å². The molecule has 35 N–H and O–H groups in total. The maximum Gasteiger partial charge on any atom is 0.185 e. The van der Waals surface area contributed by atoms with E-state index in [1.807, 2.05) is 48.1 Å². The molecule has 6 aromatic heterocycles. The maximum absolute atomic E-state index is 5.88. The van der Waals surface area contributed by atoms with E-state index >= 15 is 0 Å². The van der Waals surface area contributed by atoms with Crippen molar-refractivity contribution in [3.8, 4) is 126 Å². The Morgan fingerprint density at radius 3 is 0.703 bits per heavy atom. The van der Waals surface area contributed by atoms with Gasteiger partial charge in [-0.15, -0.1) is 68.0 Å². The van der Waals surface area contributed by atoms with E-state index < -0.39 is 0 Å². The Kier molecular flexibility index (Phi) is 41.2. The van der Waals surface area contributed by atoms with Gasteiger partial charge in [-0.05, 0) is 293 Å². The number of hydrogen-bond donors (Lipinski definition) is 18. The first-order valence-corrected chi connectivity index (χ1v) is 52.8. The summed E-state index contributed by atoms with van der Waals surface area (Å²) >= 11 is 10.5. The lowest BCUT2D eigenvalue weighted by molar-refractivity contribution is 0.781. The molecule has 33 heteroatoms. The number of thiazole rings is 2. The van der Waals surface area contributed by atoms with Crippen LogP contribution in [0.25, 0.3) is 126 Å². The number of hydrogen-bond acceptors (Lipinski definition) is 20. The van der Waals surface area contributed by atoms with Gasteiger partial charge in [0.1, 0.15) is 10.0 Å². The number of guanidine groups is 6. The number of amidine groups is 1. The summed E-state index contributed by atoms with van der Waals surface area (Å²) in [6.45, 7) is 14.1. The minimum absolute atomic E-state index is 0. The lowest BCUT2D eigenvalue weighted by Crippen LogP contribution is -2.23. The Morgan fingerprint density at radius 1 is 0.255 bits per heavy atom. The molecule has 0 unspecified atom stereocenters. The largest absolute Gasteiger partial charge is 0.388 e. The average Bonchev–Trinajstić information content (AvgIpc) is 1.67. The Morgan fingerprint density at radius 2 is 0.469 bits per heavy atom. The molecule has 6 heterocycles. The Bertz CT molecular complexity index is 6620. The molecule has 0 fully saturated rings. The van der Waals surface area contributed by atoms with Gasteiger partial charge >= 0.3 is 0 Å². The third kappa shape index (κ3) is 33.7. The molecule has 15 rings (SSSR count). The van der Waals surface area contributed by atoms with E-state index in [1.54, 1.807) is 45.3 Å². The minimum atomic E-state index is 0. The van der Waals surface area contributed by atoms with Crippen molar-refractivity contribution in [3.63, 3.8) is 0 Å². The number of aromatic nitrogens is 2. The number of nitrogens with two attached hydrogens (primary N) is 17. The maximum atomic E-state index is 5.88. The summed E-state index contributed by atoms with van der Waals surface area (Å²) in [5.74, 6) is 1.55. The monoisotopic (exact) mass is 2050 g/mol. The van der Waals surface area contributed by atoms with E-state index in [2.05, 4.69) is 278 Å². The van der Waals surface area contributed by atoms with Crippen molar-refractivity contribution in [2.75, 3.05) is 72.0 Å². The number of nitrogens with one attached hydrogen (secondary N) is 1. The lowest BCUT2D eigenvalue weighted by Gasteiger charge is -2.10. The third-order valence-corrected chi connectivity index (χ3v) is 30.1. The quantitative estimate of drug-likeness (QED) is 0.0124. The fourth-order valence-corrected chi connectivity index (χ4v) is 22.4. The van der Waals surface area contributed by atoms with Crippen LogP contribution in [0.3, 0.4) is 0 Å². The minimum Gasteiger partial charge on any atom is -0.388 e. The van der Waals surface area contributed by atoms with Gasteiger partial charge in [-0.1, -0.05) is 191 Å². The van der Waals surface area contributed by atoms with E-state index in [9.17, 15) is 0 Å². The summed E-state index contributed by atoms with van der Waals surface area (Å²) in [6.07, 6.45) is 14.6. The van der Waals surface area contributed by atoms with Crippen molar-refractivity contribution in [1.29, 1.82) is 0 Å². The molecule has 15 aromatic rings. The van der Waals surface area contributed by atoms with Crippen LogP contribution in [-0.4, -0.2) is 124 Å². The molecule has 0 aliphatic heterocycles. The number of thiophene rings is 4. The predicted molar refractivity (Wildman–Crippen MR) is 624 cm³/mol. The third-order valence-electron chi connectivity index (χ3n) is 23.2. The first-order chi connectivity index (χ1) is 69.6. The number of rotatable bonds is 45. The zero-order chi connectivity index (χ0) is 102. The first kappa shape index (κ1) is 109. The number of aliphatic imine (C=N–C) groups is 7. The van der Waals surface area contributed by atoms with Crippen molar-refractivity contribution >= 4 is 110 Å². The molecule has 9 aromatic carbocycles. The normalized spacial score (nSPS) is 11.0. The molecule has 27 nitrogen and oxygen atoms in total. The highest BCUT2D eigenvalue weighted by molar-refractivity contribution is 7.20. The van der Waals surface area contributed by atoms with E-state index in [0.717, 1.165) is 140 Å². The summed E-state index contributed by atoms with van der Waals surface area (Å²) < 4.78 is 0. The van der Waals surface area contributed by atoms with Gasteiger partial charge in [0, 0.05) is 115 Å². The van der Waals surface area contributed by atoms with Crippen molar-refractivity contribution in [2.45, 2.75) is 105 Å². The van der Waals surface area contributed by atoms with Crippen LogP contribution < -0.4 is 103 Å². The molecule has 0 radical (unpaired) electrons. The molecular formula is C112H135N27S6. The number of nitrogens with zero attached hydrogens (tertiary/aromatic N) is 9. The lowest BCUT2D eigenvalue weighted by atomic mass is 10.00. The van der Waals surface area contributed by atoms with Crippen LogP contribution in [0.2, 0.25) is 0 Å². The van der Waals surface area contributed by atoms with Crippen molar-refractivity contribution < 1.29 is 0 Å². The van der Waals surface area contributed by atoms with Gasteiger partial charge in [0.25, 0.3) is 0 Å². The Hall–Kier alpha value is -14.7. The second-order valence-corrected chi connectivity index (χ2v) is 41.3. The summed E-state index contributed by atoms with van der Waals surface area (Å²) in [7, 11) is 0. The highest BCUT2D eigenvalue weighted by atomic mass is 32.1. The van der Waals surface area contributed by atoms with Gasteiger partial charge in [0.15, 0.2) is 35.8 Å². The second kappa shape index (κ2) is 54.7. The molecule has 0 aliphatic carbocycles. The summed E-state index contributed by atoms with van der Waals surface area (Å²) in [4.78, 5) is 51.1. The molecule has 0 bridgehead atoms. The molecular weight excluding hydrogens is 1920 g/mol. The first-order valence-electron chi connectivity index (χ1n) is 47.9. The van der Waals surface area contributed by atoms with Crippen LogP contribution in [0, 0.1) is 0 Å². The van der Waals surface area contributed by atoms with Crippen LogP contribution in [0.15, 0.2) is 290 Å². The zero-order valence-electron chi connectivity index (χ0n) is 81.6. The predicted octanol–water partition coefficient (Wildman–Crippen LogP) is 16.7. The molecule has 0 atom stereocenters. The van der Waals surface area contributed by atoms with Crippen LogP contribution in [0.1, 0.15) is 94.5 Å². The average molecular weight is 2050 g/mol. The van der Waals surface area contributed by atoms with Gasteiger partial charge in [0.05, 0.1) is 21.4 Å². The standard InChI is InChI=1S/C39H47N11S2.C37H45N13S2.C35H39N3S2.CH4/c1-24(40)47-13-9-25-17-26(10-14-48-37(41)42)20-31(19-25)35-7-5-33(51-35)29-3-2-4-30(23-29)34-6-8-36(52-34)32-21-27(11-15-49-38(43)44)18-28(22-32)12-16-50-39(45)46;1-22(38)45-9-5-23-13-24(6-10-46-35(39)40)16-29(15-23)31-20-49-33(51-31)27-3-2-4-28(19-27)34-50-21-32(52-34)30-17-25(7-11-47-36(41)42)14-26(18-30)8-12-48-37(43)44;1-2-4-24-17-25(11-14-36)20-30(19-24)34-9-7-32(39-34)28-5-3-6-29(23-28)33-8-10-35(40-33)31-21-26(12-15-37)18-27(22-31)13-16-38;/h2-8,17-23H,9-16H2,1H3,(H2,40,47)(H4,41,42,48)(H4,43,44,49)(H4,45,46,50);2-4,13-21,45H,1,5-12,38H2,(H4,39,40,46)(H4,41,42,47)(H4,43,44,48);3,5-10,17-23H,2,4,11-16,36-38H2,1H3;1H4. The van der Waals surface area contributed by atoms with Gasteiger partial charge in [0.2, 0.25) is 0 Å². The fraction of sp³-hybridized carbons (Fsp3) is 0.241. The fourth-order valence-electron chi connectivity index (χ4n) is 16.7. The van der Waals surface area contributed by atoms with Crippen molar-refractivity contribution in [2.24, 2.45) is 132 Å². The van der Waals surface area contributed by atoms with E-state index in [1.165, 1.54) is 117 Å². The molecule has 0 spiro atoms. The van der Waals surface area contributed by atoms with Gasteiger partial charge in [-0.3, -0.25) is 34.9 Å². The smallest absolute Gasteiger partial charge is 0.185 e. The van der Waals surface area contributed by atoms with Crippen molar-refractivity contribution in [3.05, 3.63) is 322 Å². The summed E-state index contributed by atoms with van der Waals surface area (Å²) in [5, 5.41) is 4.93. The molecule has 0 aliphatic rings. The van der Waals surface area contributed by atoms with E-state index in [4.69, 9.17) is 107 Å². The second-order valence-electron chi connectivity index (χ2n) is 34.9. The van der Waals surface area contributed by atoms with Crippen LogP contribution >= 0.6 is 68.0 Å². The molecule has 0 saturated heterocycles. The zero-order valence-corrected chi connectivity index (χ0v) is 86.5. The molecule has 754 valence electrons. The summed E-state index contributed by atoms with van der Waals surface area (Å²) in [6, 6.07) is 83.8. The Labute approximate surface area is 875 Å². The van der Waals surface area contributed by atoms with Gasteiger partial charge < -0.3 is 103 Å². The van der Waals surface area contributed by atoms with E-state index in [0.29, 0.717) is 103 Å². The number of aryl methyl sites for hydroxylation is 1.